The molecule has 2 aromatic carbocycles. The van der Waals surface area contributed by atoms with E-state index < -0.39 is 26.8 Å². The zero-order chi connectivity index (χ0) is 33.0. The number of halogens is 1. The van der Waals surface area contributed by atoms with Gasteiger partial charge in [0, 0.05) is 47.1 Å². The number of hydrogen-bond acceptors (Lipinski definition) is 8. The first-order valence-corrected chi connectivity index (χ1v) is 19.7. The fourth-order valence-corrected chi connectivity index (χ4v) is 10.8. The summed E-state index contributed by atoms with van der Waals surface area (Å²) in [4.78, 5) is 20.4. The molecule has 47 heavy (non-hydrogen) atoms. The minimum Gasteiger partial charge on any atom is -0.490 e. The van der Waals surface area contributed by atoms with Crippen molar-refractivity contribution in [2.24, 2.45) is 17.8 Å². The number of nitrogens with one attached hydrogen (secondary N) is 1. The minimum absolute atomic E-state index is 0.0725. The van der Waals surface area contributed by atoms with Gasteiger partial charge in [0.05, 0.1) is 28.2 Å². The largest absolute Gasteiger partial charge is 0.490 e. The van der Waals surface area contributed by atoms with Gasteiger partial charge in [-0.3, -0.25) is 4.79 Å². The molecule has 2 aliphatic carbocycles. The third kappa shape index (κ3) is 6.31. The van der Waals surface area contributed by atoms with E-state index in [0.717, 1.165) is 47.8 Å². The SMILES string of the molecule is C[C@@H]1[C@@H](C)CCC[C@](O)(Cc2nccs2)[C@@H]2CC[C@H]2CN2C[C@@]3(CCCc4cc(Cl)ccc43)COc3ccc(cc32)C(=O)NS1(=O)=O. The van der Waals surface area contributed by atoms with Gasteiger partial charge in [0.15, 0.2) is 0 Å². The van der Waals surface area contributed by atoms with Crippen LogP contribution in [0.5, 0.6) is 5.75 Å². The molecule has 0 saturated heterocycles. The highest BCUT2D eigenvalue weighted by Gasteiger charge is 2.49. The summed E-state index contributed by atoms with van der Waals surface area (Å²) in [7, 11) is -3.94. The minimum atomic E-state index is -3.94. The van der Waals surface area contributed by atoms with Gasteiger partial charge in [-0.05, 0) is 111 Å². The van der Waals surface area contributed by atoms with E-state index in [-0.39, 0.29) is 28.7 Å². The summed E-state index contributed by atoms with van der Waals surface area (Å²) in [6.07, 6.45) is 9.03. The highest BCUT2D eigenvalue weighted by molar-refractivity contribution is 7.90. The number of thiazole rings is 1. The van der Waals surface area contributed by atoms with Crippen LogP contribution < -0.4 is 14.4 Å². The van der Waals surface area contributed by atoms with E-state index in [0.29, 0.717) is 51.1 Å². The predicted molar refractivity (Wildman–Crippen MR) is 186 cm³/mol. The van der Waals surface area contributed by atoms with Crippen LogP contribution in [0.3, 0.4) is 0 Å². The number of sulfonamides is 1. The summed E-state index contributed by atoms with van der Waals surface area (Å²) in [5.41, 5.74) is 2.34. The number of rotatable bonds is 2. The topological polar surface area (TPSA) is 109 Å². The van der Waals surface area contributed by atoms with Gasteiger partial charge in [-0.1, -0.05) is 31.0 Å². The molecule has 7 rings (SSSR count). The Morgan fingerprint density at radius 3 is 2.74 bits per heavy atom. The lowest BCUT2D eigenvalue weighted by Crippen LogP contribution is -2.54. The smallest absolute Gasteiger partial charge is 0.264 e. The van der Waals surface area contributed by atoms with Crippen molar-refractivity contribution in [3.8, 4) is 5.75 Å². The van der Waals surface area contributed by atoms with E-state index >= 15 is 0 Å². The molecule has 4 aliphatic rings. The maximum Gasteiger partial charge on any atom is 0.264 e. The standard InChI is InChI=1S/C36H44ClN3O5S2/c1-23-5-3-14-36(42,19-33-38-15-16-46-33)30-10-7-27(30)20-40-21-35(13-4-6-25-17-28(37)9-11-29(25)35)22-45-32-12-8-26(18-31(32)40)34(41)39-47(43,44)24(23)2/h8-9,11-12,15-18,23-24,27,30,42H,3-7,10,13-14,19-22H2,1-2H3,(H,39,41)/t23-,24+,27-,30+,35-,36-/m0/s1. The summed E-state index contributed by atoms with van der Waals surface area (Å²) in [5, 5.41) is 15.3. The van der Waals surface area contributed by atoms with Crippen molar-refractivity contribution in [2.45, 2.75) is 87.9 Å². The Morgan fingerprint density at radius 1 is 1.13 bits per heavy atom. The number of anilines is 1. The van der Waals surface area contributed by atoms with Crippen LogP contribution in [-0.4, -0.2) is 55.0 Å². The second-order valence-corrected chi connectivity index (χ2v) is 17.9. The van der Waals surface area contributed by atoms with Crippen molar-refractivity contribution in [1.82, 2.24) is 9.71 Å². The van der Waals surface area contributed by atoms with Gasteiger partial charge in [-0.25, -0.2) is 18.1 Å². The van der Waals surface area contributed by atoms with E-state index in [2.05, 4.69) is 26.7 Å². The average molecular weight is 698 g/mol. The van der Waals surface area contributed by atoms with Crippen molar-refractivity contribution in [1.29, 1.82) is 0 Å². The molecule has 3 heterocycles. The van der Waals surface area contributed by atoms with Crippen LogP contribution in [0.4, 0.5) is 5.69 Å². The number of carbonyl (C=O) groups excluding carboxylic acids is 1. The summed E-state index contributed by atoms with van der Waals surface area (Å²) in [6.45, 7) is 5.44. The quantitative estimate of drug-likeness (QED) is 0.313. The number of ether oxygens (including phenoxy) is 1. The number of carbonyl (C=O) groups is 1. The Morgan fingerprint density at radius 2 is 1.98 bits per heavy atom. The van der Waals surface area contributed by atoms with E-state index in [9.17, 15) is 18.3 Å². The fourth-order valence-electron chi connectivity index (χ4n) is 8.59. The number of amides is 1. The zero-order valence-corrected chi connectivity index (χ0v) is 29.5. The third-order valence-electron chi connectivity index (χ3n) is 11.6. The average Bonchev–Trinajstić information content (AvgIpc) is 3.47. The fraction of sp³-hybridized carbons (Fsp3) is 0.556. The number of benzene rings is 2. The number of hydrogen-bond donors (Lipinski definition) is 2. The Hall–Kier alpha value is -2.66. The molecule has 6 atom stereocenters. The molecule has 1 amide bonds. The predicted octanol–water partition coefficient (Wildman–Crippen LogP) is 6.54. The van der Waals surface area contributed by atoms with E-state index in [1.165, 1.54) is 11.1 Å². The molecular formula is C36H44ClN3O5S2. The monoisotopic (exact) mass is 697 g/mol. The molecule has 8 nitrogen and oxygen atoms in total. The number of nitrogens with zero attached hydrogens (tertiary/aromatic N) is 2. The lowest BCUT2D eigenvalue weighted by Gasteiger charge is -2.50. The number of fused-ring (bicyclic) bond motifs is 4. The first kappa shape index (κ1) is 32.9. The highest BCUT2D eigenvalue weighted by Crippen LogP contribution is 2.49. The Kier molecular flexibility index (Phi) is 8.85. The lowest BCUT2D eigenvalue weighted by atomic mass is 9.62. The normalized spacial score (nSPS) is 32.3. The van der Waals surface area contributed by atoms with Crippen LogP contribution >= 0.6 is 22.9 Å². The summed E-state index contributed by atoms with van der Waals surface area (Å²) < 4.78 is 35.8. The molecular weight excluding hydrogens is 654 g/mol. The van der Waals surface area contributed by atoms with Gasteiger partial charge < -0.3 is 14.7 Å². The van der Waals surface area contributed by atoms with Gasteiger partial charge in [0.25, 0.3) is 5.91 Å². The molecule has 0 radical (unpaired) electrons. The molecule has 11 heteroatoms. The van der Waals surface area contributed by atoms with E-state index in [4.69, 9.17) is 16.3 Å². The summed E-state index contributed by atoms with van der Waals surface area (Å²) in [5.74, 6) is 0.158. The van der Waals surface area contributed by atoms with Crippen LogP contribution in [0.15, 0.2) is 48.0 Å². The maximum atomic E-state index is 13.5. The third-order valence-corrected chi connectivity index (χ3v) is 14.5. The zero-order valence-electron chi connectivity index (χ0n) is 27.1. The van der Waals surface area contributed by atoms with Crippen molar-refractivity contribution in [3.05, 3.63) is 74.7 Å². The van der Waals surface area contributed by atoms with Crippen LogP contribution in [0.2, 0.25) is 5.02 Å². The molecule has 3 aromatic rings. The molecule has 2 N–H and O–H groups in total. The van der Waals surface area contributed by atoms with Crippen molar-refractivity contribution in [2.75, 3.05) is 24.6 Å². The number of aromatic nitrogens is 1. The van der Waals surface area contributed by atoms with E-state index in [1.807, 2.05) is 18.4 Å². The van der Waals surface area contributed by atoms with Gasteiger partial charge in [0.1, 0.15) is 5.75 Å². The highest BCUT2D eigenvalue weighted by atomic mass is 35.5. The second-order valence-electron chi connectivity index (χ2n) is 14.5. The maximum absolute atomic E-state index is 13.5. The summed E-state index contributed by atoms with van der Waals surface area (Å²) in [6, 6.07) is 11.4. The molecule has 252 valence electrons. The van der Waals surface area contributed by atoms with Crippen LogP contribution in [0.1, 0.15) is 85.3 Å². The second kappa shape index (κ2) is 12.7. The molecule has 2 bridgehead atoms. The molecule has 1 fully saturated rings. The van der Waals surface area contributed by atoms with Gasteiger partial charge in [0.2, 0.25) is 10.0 Å². The van der Waals surface area contributed by atoms with E-state index in [1.54, 1.807) is 42.7 Å². The molecule has 2 aliphatic heterocycles. The molecule has 1 saturated carbocycles. The number of aliphatic hydroxyl groups is 1. The lowest BCUT2D eigenvalue weighted by molar-refractivity contribution is -0.0881. The van der Waals surface area contributed by atoms with Crippen LogP contribution in [-0.2, 0) is 28.3 Å². The van der Waals surface area contributed by atoms with Crippen molar-refractivity contribution in [3.63, 3.8) is 0 Å². The first-order valence-electron chi connectivity index (χ1n) is 16.9. The van der Waals surface area contributed by atoms with Gasteiger partial charge in [-0.2, -0.15) is 0 Å². The first-order chi connectivity index (χ1) is 22.5. The molecule has 1 aromatic heterocycles. The van der Waals surface area contributed by atoms with Gasteiger partial charge in [-0.15, -0.1) is 11.3 Å². The Labute approximate surface area is 286 Å². The van der Waals surface area contributed by atoms with Crippen molar-refractivity contribution >= 4 is 44.6 Å². The molecule has 0 unspecified atom stereocenters. The Balaban J connectivity index is 1.31. The number of aryl methyl sites for hydroxylation is 1. The van der Waals surface area contributed by atoms with Gasteiger partial charge >= 0.3 is 0 Å². The Bertz CT molecular complexity index is 1750. The van der Waals surface area contributed by atoms with Crippen LogP contribution in [0.25, 0.3) is 0 Å². The van der Waals surface area contributed by atoms with Crippen LogP contribution in [0, 0.1) is 17.8 Å². The molecule has 1 spiro atoms. The van der Waals surface area contributed by atoms with Crippen molar-refractivity contribution < 1.29 is 23.1 Å². The summed E-state index contributed by atoms with van der Waals surface area (Å²) >= 11 is 8.01.